The topological polar surface area (TPSA) is 75.2 Å². The molecule has 2 aromatic carbocycles. The van der Waals surface area contributed by atoms with E-state index >= 15 is 0 Å². The van der Waals surface area contributed by atoms with Crippen LogP contribution in [0, 0.1) is 0 Å². The number of piperidine rings is 1. The van der Waals surface area contributed by atoms with Crippen LogP contribution >= 0.6 is 24.0 Å². The molecule has 1 fully saturated rings. The summed E-state index contributed by atoms with van der Waals surface area (Å²) in [7, 11) is 1.77. The number of halogens is 1. The average molecular weight is 552 g/mol. The summed E-state index contributed by atoms with van der Waals surface area (Å²) in [5.74, 6) is 1.61. The van der Waals surface area contributed by atoms with E-state index in [0.29, 0.717) is 32.8 Å². The Hall–Kier alpha value is -2.49. The van der Waals surface area contributed by atoms with Gasteiger partial charge in [0, 0.05) is 32.7 Å². The number of nitrogens with one attached hydrogen (secondary N) is 2. The lowest BCUT2D eigenvalue weighted by atomic mass is 10.1. The predicted octanol–water partition coefficient (Wildman–Crippen LogP) is 4.17. The number of rotatable bonds is 7. The van der Waals surface area contributed by atoms with Gasteiger partial charge >= 0.3 is 6.09 Å². The molecule has 0 bridgehead atoms. The fourth-order valence-electron chi connectivity index (χ4n) is 3.44. The minimum Gasteiger partial charge on any atom is -0.489 e. The van der Waals surface area contributed by atoms with Gasteiger partial charge in [0.2, 0.25) is 0 Å². The number of likely N-dealkylation sites (tertiary alicyclic amines) is 1. The van der Waals surface area contributed by atoms with Crippen LogP contribution in [0.15, 0.2) is 59.6 Å². The molecule has 7 nitrogen and oxygen atoms in total. The molecule has 174 valence electrons. The van der Waals surface area contributed by atoms with Crippen molar-refractivity contribution in [1.29, 1.82) is 0 Å². The number of nitrogens with zero attached hydrogens (tertiary/aromatic N) is 2. The fourth-order valence-corrected chi connectivity index (χ4v) is 3.44. The Morgan fingerprint density at radius 2 is 1.75 bits per heavy atom. The van der Waals surface area contributed by atoms with Crippen molar-refractivity contribution >= 4 is 36.0 Å². The highest BCUT2D eigenvalue weighted by Crippen LogP contribution is 2.15. The summed E-state index contributed by atoms with van der Waals surface area (Å²) in [6.07, 6.45) is 1.51. The highest BCUT2D eigenvalue weighted by molar-refractivity contribution is 14.0. The lowest BCUT2D eigenvalue weighted by Crippen LogP contribution is -2.49. The minimum absolute atomic E-state index is 0. The zero-order chi connectivity index (χ0) is 21.9. The summed E-state index contributed by atoms with van der Waals surface area (Å²) < 4.78 is 10.9. The molecule has 2 aromatic rings. The largest absolute Gasteiger partial charge is 0.489 e. The number of carbonyl (C=O) groups is 1. The highest BCUT2D eigenvalue weighted by Gasteiger charge is 2.23. The SMILES string of the molecule is CCOC(=O)N1CCC(NC(=NC)NCc2ccc(OCc3ccccc3)cc2)CC1.I. The van der Waals surface area contributed by atoms with Gasteiger partial charge in [0.05, 0.1) is 6.61 Å². The number of aliphatic imine (C=N–C) groups is 1. The monoisotopic (exact) mass is 552 g/mol. The second-order valence-corrected chi connectivity index (χ2v) is 7.45. The van der Waals surface area contributed by atoms with Crippen LogP contribution in [0.2, 0.25) is 0 Å². The zero-order valence-corrected chi connectivity index (χ0v) is 21.1. The van der Waals surface area contributed by atoms with Crippen LogP contribution in [-0.2, 0) is 17.9 Å². The van der Waals surface area contributed by atoms with E-state index in [1.165, 1.54) is 0 Å². The predicted molar refractivity (Wildman–Crippen MR) is 138 cm³/mol. The van der Waals surface area contributed by atoms with Gasteiger partial charge in [-0.15, -0.1) is 24.0 Å². The van der Waals surface area contributed by atoms with Crippen LogP contribution in [0.3, 0.4) is 0 Å². The first-order valence-corrected chi connectivity index (χ1v) is 10.8. The van der Waals surface area contributed by atoms with Crippen molar-refractivity contribution in [3.05, 3.63) is 65.7 Å². The molecule has 1 amide bonds. The minimum atomic E-state index is -0.223. The Labute approximate surface area is 207 Å². The van der Waals surface area contributed by atoms with Gasteiger partial charge in [0.25, 0.3) is 0 Å². The molecule has 0 spiro atoms. The average Bonchev–Trinajstić information content (AvgIpc) is 2.82. The number of hydrogen-bond acceptors (Lipinski definition) is 4. The van der Waals surface area contributed by atoms with Gasteiger partial charge in [-0.05, 0) is 43.0 Å². The Bertz CT molecular complexity index is 838. The third-order valence-electron chi connectivity index (χ3n) is 5.22. The van der Waals surface area contributed by atoms with E-state index in [1.54, 1.807) is 11.9 Å². The molecule has 0 aliphatic carbocycles. The Kier molecular flexibility index (Phi) is 11.1. The van der Waals surface area contributed by atoms with Crippen molar-refractivity contribution in [2.75, 3.05) is 26.7 Å². The molecule has 32 heavy (non-hydrogen) atoms. The van der Waals surface area contributed by atoms with Crippen LogP contribution in [0.1, 0.15) is 30.9 Å². The molecule has 3 rings (SSSR count). The first kappa shape index (κ1) is 25.8. The van der Waals surface area contributed by atoms with Crippen molar-refractivity contribution in [3.63, 3.8) is 0 Å². The van der Waals surface area contributed by atoms with Crippen molar-refractivity contribution < 1.29 is 14.3 Å². The number of guanidine groups is 1. The molecular weight excluding hydrogens is 519 g/mol. The summed E-state index contributed by atoms with van der Waals surface area (Å²) in [6.45, 7) is 4.85. The van der Waals surface area contributed by atoms with Gasteiger partial charge in [-0.1, -0.05) is 42.5 Å². The molecular formula is C24H33IN4O3. The normalized spacial score (nSPS) is 14.3. The van der Waals surface area contributed by atoms with Gasteiger partial charge in [0.15, 0.2) is 5.96 Å². The van der Waals surface area contributed by atoms with Crippen molar-refractivity contribution in [1.82, 2.24) is 15.5 Å². The van der Waals surface area contributed by atoms with Crippen LogP contribution in [0.4, 0.5) is 4.79 Å². The van der Waals surface area contributed by atoms with E-state index < -0.39 is 0 Å². The number of benzene rings is 2. The molecule has 0 unspecified atom stereocenters. The molecule has 0 atom stereocenters. The number of amides is 1. The van der Waals surface area contributed by atoms with E-state index in [0.717, 1.165) is 35.7 Å². The second-order valence-electron chi connectivity index (χ2n) is 7.45. The summed E-state index contributed by atoms with van der Waals surface area (Å²) in [5, 5.41) is 6.81. The first-order valence-electron chi connectivity index (χ1n) is 10.8. The Morgan fingerprint density at radius 1 is 1.06 bits per heavy atom. The van der Waals surface area contributed by atoms with Crippen LogP contribution in [-0.4, -0.2) is 49.7 Å². The van der Waals surface area contributed by atoms with Gasteiger partial charge in [-0.25, -0.2) is 4.79 Å². The summed E-state index contributed by atoms with van der Waals surface area (Å²) in [4.78, 5) is 17.9. The molecule has 1 heterocycles. The number of hydrogen-bond donors (Lipinski definition) is 2. The smallest absolute Gasteiger partial charge is 0.409 e. The van der Waals surface area contributed by atoms with Crippen LogP contribution < -0.4 is 15.4 Å². The summed E-state index contributed by atoms with van der Waals surface area (Å²) in [5.41, 5.74) is 2.29. The van der Waals surface area contributed by atoms with Gasteiger partial charge < -0.3 is 25.0 Å². The van der Waals surface area contributed by atoms with Crippen LogP contribution in [0.25, 0.3) is 0 Å². The maximum Gasteiger partial charge on any atom is 0.409 e. The van der Waals surface area contributed by atoms with E-state index in [2.05, 4.69) is 39.9 Å². The standard InChI is InChI=1S/C24H32N4O3.HI/c1-3-30-24(29)28-15-13-21(14-16-28)27-23(25-2)26-17-19-9-11-22(12-10-19)31-18-20-7-5-4-6-8-20;/h4-12,21H,3,13-18H2,1-2H3,(H2,25,26,27);1H. The first-order chi connectivity index (χ1) is 15.2. The van der Waals surface area contributed by atoms with Crippen LogP contribution in [0.5, 0.6) is 5.75 Å². The van der Waals surface area contributed by atoms with E-state index in [4.69, 9.17) is 9.47 Å². The molecule has 8 heteroatoms. The molecule has 0 aromatic heterocycles. The van der Waals surface area contributed by atoms with E-state index in [-0.39, 0.29) is 36.1 Å². The Morgan fingerprint density at radius 3 is 2.38 bits per heavy atom. The maximum absolute atomic E-state index is 11.8. The molecule has 0 saturated carbocycles. The van der Waals surface area contributed by atoms with E-state index in [1.807, 2.05) is 37.3 Å². The Balaban J connectivity index is 0.00000363. The lowest BCUT2D eigenvalue weighted by molar-refractivity contribution is 0.0963. The van der Waals surface area contributed by atoms with Gasteiger partial charge in [-0.2, -0.15) is 0 Å². The molecule has 1 saturated heterocycles. The van der Waals surface area contributed by atoms with Gasteiger partial charge in [0.1, 0.15) is 12.4 Å². The molecule has 1 aliphatic heterocycles. The van der Waals surface area contributed by atoms with Crippen molar-refractivity contribution in [2.45, 2.75) is 39.0 Å². The van der Waals surface area contributed by atoms with Gasteiger partial charge in [-0.3, -0.25) is 4.99 Å². The summed E-state index contributed by atoms with van der Waals surface area (Å²) in [6, 6.07) is 18.5. The molecule has 0 radical (unpaired) electrons. The number of carbonyl (C=O) groups excluding carboxylic acids is 1. The fraction of sp³-hybridized carbons (Fsp3) is 0.417. The summed E-state index contributed by atoms with van der Waals surface area (Å²) >= 11 is 0. The molecule has 1 aliphatic rings. The van der Waals surface area contributed by atoms with Crippen molar-refractivity contribution in [3.8, 4) is 5.75 Å². The van der Waals surface area contributed by atoms with Crippen molar-refractivity contribution in [2.24, 2.45) is 4.99 Å². The quantitative estimate of drug-likeness (QED) is 0.307. The third-order valence-corrected chi connectivity index (χ3v) is 5.22. The molecule has 2 N–H and O–H groups in total. The maximum atomic E-state index is 11.8. The van der Waals surface area contributed by atoms with E-state index in [9.17, 15) is 4.79 Å². The lowest BCUT2D eigenvalue weighted by Gasteiger charge is -2.32. The number of ether oxygens (including phenoxy) is 2. The third kappa shape index (κ3) is 8.22. The second kappa shape index (κ2) is 13.8. The zero-order valence-electron chi connectivity index (χ0n) is 18.8. The highest BCUT2D eigenvalue weighted by atomic mass is 127.